The Labute approximate surface area is 154 Å². The van der Waals surface area contributed by atoms with Crippen LogP contribution in [0, 0.1) is 20.8 Å². The highest BCUT2D eigenvalue weighted by molar-refractivity contribution is 6.18. The second-order valence-corrected chi connectivity index (χ2v) is 7.27. The Balaban J connectivity index is 2.03. The van der Waals surface area contributed by atoms with Gasteiger partial charge in [0.25, 0.3) is 0 Å². The third-order valence-corrected chi connectivity index (χ3v) is 5.35. The molecule has 4 nitrogen and oxygen atoms in total. The second-order valence-electron chi connectivity index (χ2n) is 7.27. The average molecular weight is 347 g/mol. The predicted molar refractivity (Wildman–Crippen MR) is 105 cm³/mol. The Bertz CT molecular complexity index is 989. The second kappa shape index (κ2) is 6.27. The summed E-state index contributed by atoms with van der Waals surface area (Å²) >= 11 is 0. The van der Waals surface area contributed by atoms with Gasteiger partial charge in [-0.1, -0.05) is 48.3 Å². The first kappa shape index (κ1) is 16.8. The summed E-state index contributed by atoms with van der Waals surface area (Å²) in [5.74, 6) is 0.901. The number of aliphatic imine (C=N–C) groups is 1. The molecule has 0 bridgehead atoms. The van der Waals surface area contributed by atoms with Crippen LogP contribution in [0.1, 0.15) is 59.6 Å². The molecule has 0 saturated carbocycles. The van der Waals surface area contributed by atoms with Crippen LogP contribution in [0.4, 0.5) is 0 Å². The lowest BCUT2D eigenvalue weighted by atomic mass is 9.94. The van der Waals surface area contributed by atoms with Crippen molar-refractivity contribution >= 4 is 5.71 Å². The van der Waals surface area contributed by atoms with Crippen molar-refractivity contribution in [3.8, 4) is 11.1 Å². The summed E-state index contributed by atoms with van der Waals surface area (Å²) in [5.41, 5.74) is 9.11. The van der Waals surface area contributed by atoms with Gasteiger partial charge >= 0.3 is 0 Å². The smallest absolute Gasteiger partial charge is 0.169 e. The van der Waals surface area contributed by atoms with E-state index < -0.39 is 0 Å². The van der Waals surface area contributed by atoms with Crippen LogP contribution in [-0.2, 0) is 7.05 Å². The topological polar surface area (TPSA) is 43.3 Å². The van der Waals surface area contributed by atoms with E-state index in [1.165, 1.54) is 22.4 Å². The lowest BCUT2D eigenvalue weighted by Crippen LogP contribution is -2.07. The molecule has 3 heterocycles. The van der Waals surface area contributed by atoms with E-state index in [1.54, 1.807) is 0 Å². The fourth-order valence-corrected chi connectivity index (χ4v) is 3.84. The number of fused-ring (bicyclic) bond motifs is 3. The van der Waals surface area contributed by atoms with Crippen LogP contribution in [-0.4, -0.2) is 15.4 Å². The Morgan fingerprint density at radius 1 is 1.08 bits per heavy atom. The molecule has 1 atom stereocenters. The maximum atomic E-state index is 5.77. The minimum Gasteiger partial charge on any atom is -0.358 e. The molecule has 2 aromatic heterocycles. The highest BCUT2D eigenvalue weighted by Crippen LogP contribution is 2.42. The van der Waals surface area contributed by atoms with Gasteiger partial charge in [0, 0.05) is 35.6 Å². The van der Waals surface area contributed by atoms with Crippen molar-refractivity contribution in [3.05, 3.63) is 64.3 Å². The van der Waals surface area contributed by atoms with E-state index in [0.717, 1.165) is 41.1 Å². The molecular weight excluding hydrogens is 322 g/mol. The minimum atomic E-state index is 0.00427. The van der Waals surface area contributed by atoms with Crippen LogP contribution in [0.3, 0.4) is 0 Å². The minimum absolute atomic E-state index is 0.00427. The summed E-state index contributed by atoms with van der Waals surface area (Å²) < 4.78 is 7.95. The summed E-state index contributed by atoms with van der Waals surface area (Å²) in [5, 5.41) is 4.27. The fourth-order valence-electron chi connectivity index (χ4n) is 3.84. The molecule has 0 aliphatic carbocycles. The summed E-state index contributed by atoms with van der Waals surface area (Å²) in [6.07, 6.45) is 4.18. The van der Waals surface area contributed by atoms with E-state index in [9.17, 15) is 0 Å². The summed E-state index contributed by atoms with van der Waals surface area (Å²) in [7, 11) is 2.09. The van der Waals surface area contributed by atoms with Gasteiger partial charge in [0.1, 0.15) is 6.04 Å². The molecule has 0 radical (unpaired) electrons. The zero-order valence-electron chi connectivity index (χ0n) is 16.1. The highest BCUT2D eigenvalue weighted by Gasteiger charge is 2.32. The fraction of sp³-hybridized carbons (Fsp3) is 0.364. The van der Waals surface area contributed by atoms with Crippen LogP contribution in [0.2, 0.25) is 0 Å². The van der Waals surface area contributed by atoms with Crippen molar-refractivity contribution in [1.29, 1.82) is 0 Å². The zero-order chi connectivity index (χ0) is 18.4. The average Bonchev–Trinajstić information content (AvgIpc) is 3.09. The van der Waals surface area contributed by atoms with E-state index >= 15 is 0 Å². The first-order valence-electron chi connectivity index (χ1n) is 9.29. The standard InChI is InChI=1S/C22H25N3O/c1-6-7-18-22-19(14(3)24-26-22)17-12-25(5)15(4)20(17)21(23-18)16-10-8-13(2)9-11-16/h8-12,18H,6-7H2,1-5H3/t18-/m0/s1. The normalized spacial score (nSPS) is 16.0. The van der Waals surface area contributed by atoms with Gasteiger partial charge in [-0.15, -0.1) is 0 Å². The predicted octanol–water partition coefficient (Wildman–Crippen LogP) is 5.30. The molecule has 0 spiro atoms. The molecule has 1 aromatic carbocycles. The van der Waals surface area contributed by atoms with Gasteiger partial charge in [0.05, 0.1) is 17.0 Å². The Morgan fingerprint density at radius 3 is 2.50 bits per heavy atom. The molecule has 1 aliphatic rings. The number of hydrogen-bond donors (Lipinski definition) is 0. The van der Waals surface area contributed by atoms with E-state index in [4.69, 9.17) is 9.52 Å². The molecule has 26 heavy (non-hydrogen) atoms. The van der Waals surface area contributed by atoms with Crippen LogP contribution < -0.4 is 0 Å². The van der Waals surface area contributed by atoms with Gasteiger partial charge in [-0.2, -0.15) is 0 Å². The molecule has 0 saturated heterocycles. The number of benzene rings is 1. The number of hydrogen-bond acceptors (Lipinski definition) is 3. The third-order valence-electron chi connectivity index (χ3n) is 5.35. The molecule has 0 amide bonds. The molecule has 1 aliphatic heterocycles. The molecule has 3 aromatic rings. The molecule has 4 heteroatoms. The lowest BCUT2D eigenvalue weighted by Gasteiger charge is -2.12. The van der Waals surface area contributed by atoms with Crippen molar-refractivity contribution in [1.82, 2.24) is 9.72 Å². The Hall–Kier alpha value is -2.62. The number of rotatable bonds is 3. The Morgan fingerprint density at radius 2 is 1.81 bits per heavy atom. The molecule has 0 N–H and O–H groups in total. The number of nitrogens with zero attached hydrogens (tertiary/aromatic N) is 3. The van der Waals surface area contributed by atoms with Gasteiger partial charge < -0.3 is 9.09 Å². The van der Waals surface area contributed by atoms with Crippen molar-refractivity contribution < 1.29 is 4.52 Å². The van der Waals surface area contributed by atoms with Crippen LogP contribution >= 0.6 is 0 Å². The van der Waals surface area contributed by atoms with Gasteiger partial charge in [0.2, 0.25) is 0 Å². The van der Waals surface area contributed by atoms with Crippen LogP contribution in [0.15, 0.2) is 40.0 Å². The SMILES string of the molecule is CCC[C@@H]1N=C(c2ccc(C)cc2)c2c(cn(C)c2C)-c2c(C)noc21. The first-order valence-corrected chi connectivity index (χ1v) is 9.29. The zero-order valence-corrected chi connectivity index (χ0v) is 16.1. The van der Waals surface area contributed by atoms with Crippen molar-refractivity contribution in [3.63, 3.8) is 0 Å². The molecular formula is C22H25N3O. The summed E-state index contributed by atoms with van der Waals surface area (Å²) in [6.45, 7) is 8.48. The van der Waals surface area contributed by atoms with Gasteiger partial charge in [0.15, 0.2) is 5.76 Å². The first-order chi connectivity index (χ1) is 12.5. The maximum Gasteiger partial charge on any atom is 0.169 e. The van der Waals surface area contributed by atoms with Crippen molar-refractivity contribution in [2.75, 3.05) is 0 Å². The molecule has 134 valence electrons. The quantitative estimate of drug-likeness (QED) is 0.645. The van der Waals surface area contributed by atoms with Crippen LogP contribution in [0.5, 0.6) is 0 Å². The van der Waals surface area contributed by atoms with Gasteiger partial charge in [-0.3, -0.25) is 4.99 Å². The monoisotopic (exact) mass is 347 g/mol. The molecule has 4 rings (SSSR count). The van der Waals surface area contributed by atoms with Crippen molar-refractivity contribution in [2.45, 2.75) is 46.6 Å². The summed E-state index contributed by atoms with van der Waals surface area (Å²) in [6, 6.07) is 8.65. The lowest BCUT2D eigenvalue weighted by molar-refractivity contribution is 0.353. The van der Waals surface area contributed by atoms with E-state index in [1.807, 2.05) is 6.92 Å². The van der Waals surface area contributed by atoms with Crippen molar-refractivity contribution in [2.24, 2.45) is 12.0 Å². The maximum absolute atomic E-state index is 5.77. The third kappa shape index (κ3) is 2.52. The number of aryl methyl sites for hydroxylation is 3. The summed E-state index contributed by atoms with van der Waals surface area (Å²) in [4.78, 5) is 5.20. The van der Waals surface area contributed by atoms with E-state index in [2.05, 4.69) is 68.0 Å². The molecule has 0 fully saturated rings. The van der Waals surface area contributed by atoms with Gasteiger partial charge in [-0.25, -0.2) is 0 Å². The molecule has 0 unspecified atom stereocenters. The van der Waals surface area contributed by atoms with E-state index in [-0.39, 0.29) is 6.04 Å². The van der Waals surface area contributed by atoms with E-state index in [0.29, 0.717) is 0 Å². The number of aromatic nitrogens is 2. The van der Waals surface area contributed by atoms with Crippen LogP contribution in [0.25, 0.3) is 11.1 Å². The van der Waals surface area contributed by atoms with Gasteiger partial charge in [-0.05, 0) is 27.2 Å². The largest absolute Gasteiger partial charge is 0.358 e. The Kier molecular flexibility index (Phi) is 4.06. The highest BCUT2D eigenvalue weighted by atomic mass is 16.5.